The van der Waals surface area contributed by atoms with Gasteiger partial charge in [-0.1, -0.05) is 29.3 Å². The van der Waals surface area contributed by atoms with Gasteiger partial charge >= 0.3 is 6.09 Å². The van der Waals surface area contributed by atoms with E-state index in [1.807, 2.05) is 4.90 Å². The minimum Gasteiger partial charge on any atom is -0.465 e. The van der Waals surface area contributed by atoms with E-state index in [2.05, 4.69) is 5.32 Å². The lowest BCUT2D eigenvalue weighted by molar-refractivity contribution is -0.140. The van der Waals surface area contributed by atoms with Crippen molar-refractivity contribution in [2.24, 2.45) is 11.8 Å². The topological polar surface area (TPSA) is 90.0 Å². The summed E-state index contributed by atoms with van der Waals surface area (Å²) in [5.74, 6) is -0.413. The number of nitrogens with zero attached hydrogens (tertiary/aromatic N) is 2. The molecule has 2 amide bonds. The zero-order chi connectivity index (χ0) is 22.3. The van der Waals surface area contributed by atoms with Gasteiger partial charge in [-0.15, -0.1) is 0 Å². The van der Waals surface area contributed by atoms with Crippen LogP contribution >= 0.6 is 23.2 Å². The summed E-state index contributed by atoms with van der Waals surface area (Å²) in [6.07, 6.45) is 1.88. The molecule has 7 nitrogen and oxygen atoms in total. The number of amides is 2. The normalized spacial score (nSPS) is 26.7. The lowest BCUT2D eigenvalue weighted by atomic mass is 9.72. The third kappa shape index (κ3) is 4.03. The Bertz CT molecular complexity index is 899. The lowest BCUT2D eigenvalue weighted by Gasteiger charge is -2.43. The largest absolute Gasteiger partial charge is 0.465 e. The highest BCUT2D eigenvalue weighted by Gasteiger charge is 2.56. The SMILES string of the molecule is CN(C(=O)O)[C@@]1(C(=O)C2CCN(C(=O)C3CC3)CC2)CNC[C@@H]1c1ccc(Cl)c(Cl)c1. The van der Waals surface area contributed by atoms with Gasteiger partial charge in [0.05, 0.1) is 10.0 Å². The third-order valence-electron chi connectivity index (χ3n) is 7.08. The van der Waals surface area contributed by atoms with E-state index < -0.39 is 11.6 Å². The van der Waals surface area contributed by atoms with E-state index in [4.69, 9.17) is 23.2 Å². The summed E-state index contributed by atoms with van der Waals surface area (Å²) in [5.41, 5.74) is -0.460. The summed E-state index contributed by atoms with van der Waals surface area (Å²) in [7, 11) is 1.46. The van der Waals surface area contributed by atoms with Crippen LogP contribution in [0.5, 0.6) is 0 Å². The van der Waals surface area contributed by atoms with Crippen LogP contribution in [-0.4, -0.2) is 71.5 Å². The quantitative estimate of drug-likeness (QED) is 0.693. The van der Waals surface area contributed by atoms with E-state index >= 15 is 0 Å². The molecular formula is C22H27Cl2N3O4. The lowest BCUT2D eigenvalue weighted by Crippen LogP contribution is -2.62. The summed E-state index contributed by atoms with van der Waals surface area (Å²) in [5, 5.41) is 13.9. The van der Waals surface area contributed by atoms with Crippen LogP contribution in [0.25, 0.3) is 0 Å². The first-order valence-electron chi connectivity index (χ1n) is 10.7. The highest BCUT2D eigenvalue weighted by molar-refractivity contribution is 6.42. The number of nitrogens with one attached hydrogen (secondary N) is 1. The van der Waals surface area contributed by atoms with Crippen LogP contribution in [0.15, 0.2) is 18.2 Å². The highest BCUT2D eigenvalue weighted by atomic mass is 35.5. The van der Waals surface area contributed by atoms with Gasteiger partial charge < -0.3 is 15.3 Å². The number of carboxylic acid groups (broad SMARTS) is 1. The molecule has 0 radical (unpaired) electrons. The van der Waals surface area contributed by atoms with Crippen LogP contribution in [0.2, 0.25) is 10.0 Å². The molecule has 1 aliphatic carbocycles. The molecule has 2 saturated heterocycles. The van der Waals surface area contributed by atoms with Crippen molar-refractivity contribution in [3.05, 3.63) is 33.8 Å². The number of carbonyl (C=O) groups is 3. The number of hydrogen-bond acceptors (Lipinski definition) is 4. The van der Waals surface area contributed by atoms with Crippen LogP contribution in [0.4, 0.5) is 4.79 Å². The van der Waals surface area contributed by atoms with Gasteiger partial charge in [0.15, 0.2) is 5.78 Å². The fourth-order valence-electron chi connectivity index (χ4n) is 5.07. The Morgan fingerprint density at radius 3 is 2.35 bits per heavy atom. The van der Waals surface area contributed by atoms with Crippen molar-refractivity contribution in [3.63, 3.8) is 0 Å². The average Bonchev–Trinajstić information content (AvgIpc) is 3.52. The standard InChI is InChI=1S/C22H27Cl2N3O4/c1-26(21(30)31)22(12-25-11-16(22)15-4-5-17(23)18(24)10-15)19(28)13-6-8-27(9-7-13)20(29)14-2-3-14/h4-5,10,13-14,16,25H,2-3,6-9,11-12H2,1H3,(H,30,31)/t16-,22+/m1/s1. The minimum atomic E-state index is -1.24. The number of piperidine rings is 1. The van der Waals surface area contributed by atoms with Crippen LogP contribution in [0.3, 0.4) is 0 Å². The number of halogens is 2. The van der Waals surface area contributed by atoms with Gasteiger partial charge in [0.1, 0.15) is 5.54 Å². The van der Waals surface area contributed by atoms with Crippen LogP contribution in [-0.2, 0) is 9.59 Å². The maximum atomic E-state index is 13.9. The second kappa shape index (κ2) is 8.60. The molecule has 1 aromatic carbocycles. The van der Waals surface area contributed by atoms with Gasteiger partial charge in [-0.05, 0) is 43.4 Å². The van der Waals surface area contributed by atoms with Gasteiger partial charge in [-0.2, -0.15) is 0 Å². The molecule has 0 spiro atoms. The number of hydrogen-bond donors (Lipinski definition) is 2. The van der Waals surface area contributed by atoms with Gasteiger partial charge in [0, 0.05) is 51.0 Å². The van der Waals surface area contributed by atoms with Crippen molar-refractivity contribution in [2.45, 2.75) is 37.1 Å². The van der Waals surface area contributed by atoms with Crippen LogP contribution < -0.4 is 5.32 Å². The van der Waals surface area contributed by atoms with Crippen LogP contribution in [0.1, 0.15) is 37.2 Å². The Morgan fingerprint density at radius 1 is 1.10 bits per heavy atom. The molecule has 1 aromatic rings. The van der Waals surface area contributed by atoms with Crippen molar-refractivity contribution in [1.29, 1.82) is 0 Å². The summed E-state index contributed by atoms with van der Waals surface area (Å²) in [6.45, 7) is 1.79. The fraction of sp³-hybridized carbons (Fsp3) is 0.591. The van der Waals surface area contributed by atoms with E-state index in [9.17, 15) is 19.5 Å². The molecule has 3 aliphatic rings. The van der Waals surface area contributed by atoms with E-state index in [0.717, 1.165) is 23.3 Å². The molecular weight excluding hydrogens is 441 g/mol. The molecule has 2 N–H and O–H groups in total. The summed E-state index contributed by atoms with van der Waals surface area (Å²) >= 11 is 12.3. The molecule has 168 valence electrons. The molecule has 1 saturated carbocycles. The average molecular weight is 468 g/mol. The Hall–Kier alpha value is -1.83. The summed E-state index contributed by atoms with van der Waals surface area (Å²) in [4.78, 5) is 41.4. The number of carbonyl (C=O) groups excluding carboxylic acids is 2. The predicted molar refractivity (Wildman–Crippen MR) is 118 cm³/mol. The molecule has 3 fully saturated rings. The molecule has 0 bridgehead atoms. The van der Waals surface area contributed by atoms with Gasteiger partial charge in [-0.25, -0.2) is 4.79 Å². The van der Waals surface area contributed by atoms with E-state index in [-0.39, 0.29) is 36.0 Å². The van der Waals surface area contributed by atoms with E-state index in [1.54, 1.807) is 18.2 Å². The molecule has 4 rings (SSSR count). The summed E-state index contributed by atoms with van der Waals surface area (Å²) in [6, 6.07) is 5.20. The van der Waals surface area contributed by atoms with Crippen molar-refractivity contribution < 1.29 is 19.5 Å². The van der Waals surface area contributed by atoms with Gasteiger partial charge in [-0.3, -0.25) is 14.5 Å². The van der Waals surface area contributed by atoms with Crippen molar-refractivity contribution in [1.82, 2.24) is 15.1 Å². The maximum absolute atomic E-state index is 13.9. The Kier molecular flexibility index (Phi) is 6.21. The molecule has 2 aliphatic heterocycles. The molecule has 31 heavy (non-hydrogen) atoms. The maximum Gasteiger partial charge on any atom is 0.407 e. The molecule has 9 heteroatoms. The number of ketones is 1. The molecule has 2 atom stereocenters. The Balaban J connectivity index is 1.61. The first kappa shape index (κ1) is 22.4. The van der Waals surface area contributed by atoms with E-state index in [1.165, 1.54) is 7.05 Å². The van der Waals surface area contributed by atoms with Crippen LogP contribution in [0, 0.1) is 11.8 Å². The Labute approximate surface area is 191 Å². The molecule has 0 unspecified atom stereocenters. The van der Waals surface area contributed by atoms with Gasteiger partial charge in [0.2, 0.25) is 5.91 Å². The number of rotatable bonds is 5. The number of likely N-dealkylation sites (N-methyl/N-ethyl adjacent to an activating group) is 1. The minimum absolute atomic E-state index is 0.0861. The third-order valence-corrected chi connectivity index (χ3v) is 7.82. The number of likely N-dealkylation sites (tertiary alicyclic amines) is 1. The molecule has 0 aromatic heterocycles. The fourth-order valence-corrected chi connectivity index (χ4v) is 5.38. The monoisotopic (exact) mass is 467 g/mol. The van der Waals surface area contributed by atoms with E-state index in [0.29, 0.717) is 42.5 Å². The molecule has 2 heterocycles. The second-order valence-corrected chi connectivity index (χ2v) is 9.68. The zero-order valence-corrected chi connectivity index (χ0v) is 19.0. The Morgan fingerprint density at radius 2 is 1.77 bits per heavy atom. The van der Waals surface area contributed by atoms with Gasteiger partial charge in [0.25, 0.3) is 0 Å². The summed E-state index contributed by atoms with van der Waals surface area (Å²) < 4.78 is 0. The first-order valence-corrected chi connectivity index (χ1v) is 11.5. The van der Waals surface area contributed by atoms with Crippen molar-refractivity contribution in [2.75, 3.05) is 33.2 Å². The first-order chi connectivity index (χ1) is 14.8. The highest BCUT2D eigenvalue weighted by Crippen LogP contribution is 2.42. The van der Waals surface area contributed by atoms with Crippen molar-refractivity contribution in [3.8, 4) is 0 Å². The number of Topliss-reactive ketones (excluding diaryl/α,β-unsaturated/α-hetero) is 1. The zero-order valence-electron chi connectivity index (χ0n) is 17.4. The predicted octanol–water partition coefficient (Wildman–Crippen LogP) is 3.25. The second-order valence-electron chi connectivity index (χ2n) is 8.86. The van der Waals surface area contributed by atoms with Crippen molar-refractivity contribution >= 4 is 41.0 Å². The number of benzene rings is 1. The smallest absolute Gasteiger partial charge is 0.407 e.